The molecule has 0 unspecified atom stereocenters. The van der Waals surface area contributed by atoms with Crippen molar-refractivity contribution < 1.29 is 14.0 Å². The average molecular weight is 364 g/mol. The molecule has 0 N–H and O–H groups in total. The first-order chi connectivity index (χ1) is 11.5. The minimum absolute atomic E-state index is 0.0392. The highest BCUT2D eigenvalue weighted by atomic mass is 28.4. The Labute approximate surface area is 153 Å². The Morgan fingerprint density at radius 1 is 1.16 bits per heavy atom. The first kappa shape index (κ1) is 21.6. The number of rotatable bonds is 8. The summed E-state index contributed by atoms with van der Waals surface area (Å²) in [5.74, 6) is 0.144. The molecule has 0 bridgehead atoms. The Balaban J connectivity index is 2.55. The summed E-state index contributed by atoms with van der Waals surface area (Å²) in [5, 5.41) is 0.188. The van der Waals surface area contributed by atoms with E-state index in [1.807, 2.05) is 24.3 Å². The van der Waals surface area contributed by atoms with Gasteiger partial charge < -0.3 is 9.33 Å². The molecule has 4 nitrogen and oxygen atoms in total. The minimum Gasteiger partial charge on any atom is -0.417 e. The zero-order chi connectivity index (χ0) is 19.3. The lowest BCUT2D eigenvalue weighted by Crippen LogP contribution is -2.41. The molecule has 1 amide bonds. The monoisotopic (exact) mass is 363 g/mol. The van der Waals surface area contributed by atoms with Gasteiger partial charge in [0.1, 0.15) is 5.78 Å². The van der Waals surface area contributed by atoms with E-state index in [-0.39, 0.29) is 16.7 Å². The molecule has 0 fully saturated rings. The van der Waals surface area contributed by atoms with Gasteiger partial charge in [0.05, 0.1) is 0 Å². The van der Waals surface area contributed by atoms with Gasteiger partial charge in [-0.1, -0.05) is 39.0 Å². The van der Waals surface area contributed by atoms with Crippen LogP contribution in [0.3, 0.4) is 0 Å². The first-order valence-corrected chi connectivity index (χ1v) is 11.8. The second-order valence-electron chi connectivity index (χ2n) is 8.13. The quantitative estimate of drug-likeness (QED) is 0.501. The molecule has 25 heavy (non-hydrogen) atoms. The normalized spacial score (nSPS) is 12.1. The summed E-state index contributed by atoms with van der Waals surface area (Å²) in [7, 11) is -0.00814. The zero-order valence-corrected chi connectivity index (χ0v) is 17.8. The van der Waals surface area contributed by atoms with Crippen molar-refractivity contribution >= 4 is 25.7 Å². The molecule has 0 spiro atoms. The number of ketones is 1. The molecule has 0 saturated heterocycles. The van der Waals surface area contributed by atoms with Crippen molar-refractivity contribution in [3.05, 3.63) is 29.8 Å². The Kier molecular flexibility index (Phi) is 7.56. The van der Waals surface area contributed by atoms with E-state index in [0.717, 1.165) is 17.7 Å². The molecule has 1 rings (SSSR count). The number of anilines is 1. The predicted octanol–water partition coefficient (Wildman–Crippen LogP) is 4.58. The molecule has 0 aliphatic heterocycles. The molecule has 1 aromatic carbocycles. The van der Waals surface area contributed by atoms with E-state index in [2.05, 4.69) is 33.9 Å². The number of nitrogens with zero attached hydrogens (tertiary/aromatic N) is 1. The Hall–Kier alpha value is -1.46. The largest absolute Gasteiger partial charge is 0.417 e. The molecule has 0 aliphatic rings. The Morgan fingerprint density at radius 3 is 2.32 bits per heavy atom. The van der Waals surface area contributed by atoms with Crippen molar-refractivity contribution in [2.45, 2.75) is 65.1 Å². The summed E-state index contributed by atoms with van der Waals surface area (Å²) < 4.78 is 6.12. The van der Waals surface area contributed by atoms with Gasteiger partial charge in [-0.2, -0.15) is 0 Å². The number of amides is 1. The highest BCUT2D eigenvalue weighted by molar-refractivity contribution is 6.74. The molecule has 1 aromatic rings. The number of carbonyl (C=O) groups excluding carboxylic acids is 2. The summed E-state index contributed by atoms with van der Waals surface area (Å²) in [4.78, 5) is 25.5. The van der Waals surface area contributed by atoms with E-state index in [1.165, 1.54) is 6.92 Å². The predicted molar refractivity (Wildman–Crippen MR) is 107 cm³/mol. The van der Waals surface area contributed by atoms with E-state index < -0.39 is 8.32 Å². The van der Waals surface area contributed by atoms with Crippen LogP contribution < -0.4 is 4.90 Å². The second kappa shape index (κ2) is 8.76. The van der Waals surface area contributed by atoms with Gasteiger partial charge in [0.15, 0.2) is 8.32 Å². The zero-order valence-electron chi connectivity index (χ0n) is 16.8. The maximum Gasteiger partial charge on any atom is 0.223 e. The van der Waals surface area contributed by atoms with Crippen molar-refractivity contribution in [2.24, 2.45) is 0 Å². The van der Waals surface area contributed by atoms with Gasteiger partial charge in [-0.3, -0.25) is 9.59 Å². The van der Waals surface area contributed by atoms with Crippen LogP contribution in [0.25, 0.3) is 0 Å². The van der Waals surface area contributed by atoms with E-state index in [0.29, 0.717) is 19.4 Å². The third-order valence-corrected chi connectivity index (χ3v) is 9.62. The first-order valence-electron chi connectivity index (χ1n) is 8.93. The second-order valence-corrected chi connectivity index (χ2v) is 12.9. The van der Waals surface area contributed by atoms with E-state index in [4.69, 9.17) is 4.43 Å². The summed E-state index contributed by atoms with van der Waals surface area (Å²) in [6.07, 6.45) is 1.61. The number of Topliss-reactive ketones (excluding diaryl/α,β-unsaturated/α-hetero) is 1. The Morgan fingerprint density at radius 2 is 1.76 bits per heavy atom. The van der Waals surface area contributed by atoms with Crippen LogP contribution in [0.4, 0.5) is 5.69 Å². The lowest BCUT2D eigenvalue weighted by molar-refractivity contribution is -0.119. The van der Waals surface area contributed by atoms with Crippen LogP contribution in [0, 0.1) is 0 Å². The standard InChI is InChI=1S/C20H33NO3Si/c1-16(22)21(5)19-13-9-8-11-17(19)15-18(23)12-10-14-24-25(6,7)20(2,3)4/h8-9,11,13H,10,12,14-15H2,1-7H3. The van der Waals surface area contributed by atoms with Crippen molar-refractivity contribution in [2.75, 3.05) is 18.6 Å². The van der Waals surface area contributed by atoms with Gasteiger partial charge in [0.2, 0.25) is 5.91 Å². The van der Waals surface area contributed by atoms with Crippen LogP contribution in [0.2, 0.25) is 18.1 Å². The maximum absolute atomic E-state index is 12.3. The number of hydrogen-bond donors (Lipinski definition) is 0. The van der Waals surface area contributed by atoms with Gasteiger partial charge in [-0.25, -0.2) is 0 Å². The molecule has 0 heterocycles. The van der Waals surface area contributed by atoms with Gasteiger partial charge in [0, 0.05) is 39.1 Å². The smallest absolute Gasteiger partial charge is 0.223 e. The summed E-state index contributed by atoms with van der Waals surface area (Å²) in [6.45, 7) is 13.3. The topological polar surface area (TPSA) is 46.6 Å². The maximum atomic E-state index is 12.3. The van der Waals surface area contributed by atoms with Crippen molar-refractivity contribution in [3.63, 3.8) is 0 Å². The lowest BCUT2D eigenvalue weighted by Gasteiger charge is -2.36. The number of para-hydroxylation sites is 1. The van der Waals surface area contributed by atoms with Crippen LogP contribution in [-0.4, -0.2) is 33.7 Å². The van der Waals surface area contributed by atoms with Gasteiger partial charge in [-0.05, 0) is 36.2 Å². The third kappa shape index (κ3) is 6.40. The molecule has 0 aromatic heterocycles. The third-order valence-electron chi connectivity index (χ3n) is 5.08. The summed E-state index contributed by atoms with van der Waals surface area (Å²) in [5.41, 5.74) is 1.70. The van der Waals surface area contributed by atoms with Crippen LogP contribution >= 0.6 is 0 Å². The molecule has 0 aliphatic carbocycles. The summed E-state index contributed by atoms with van der Waals surface area (Å²) in [6, 6.07) is 7.58. The molecule has 0 atom stereocenters. The summed E-state index contributed by atoms with van der Waals surface area (Å²) >= 11 is 0. The molecule has 0 radical (unpaired) electrons. The van der Waals surface area contributed by atoms with Gasteiger partial charge in [-0.15, -0.1) is 0 Å². The van der Waals surface area contributed by atoms with Gasteiger partial charge in [0.25, 0.3) is 0 Å². The van der Waals surface area contributed by atoms with Crippen LogP contribution in [0.5, 0.6) is 0 Å². The average Bonchev–Trinajstić information content (AvgIpc) is 2.50. The van der Waals surface area contributed by atoms with E-state index in [9.17, 15) is 9.59 Å². The molecular weight excluding hydrogens is 330 g/mol. The van der Waals surface area contributed by atoms with Crippen LogP contribution in [0.1, 0.15) is 46.1 Å². The fraction of sp³-hybridized carbons (Fsp3) is 0.600. The molecular formula is C20H33NO3Si. The minimum atomic E-state index is -1.74. The highest BCUT2D eigenvalue weighted by Crippen LogP contribution is 2.36. The van der Waals surface area contributed by atoms with Gasteiger partial charge >= 0.3 is 0 Å². The fourth-order valence-electron chi connectivity index (χ4n) is 2.27. The number of hydrogen-bond acceptors (Lipinski definition) is 3. The highest BCUT2D eigenvalue weighted by Gasteiger charge is 2.36. The van der Waals surface area contributed by atoms with E-state index in [1.54, 1.807) is 11.9 Å². The molecule has 5 heteroatoms. The molecule has 0 saturated carbocycles. The molecule has 140 valence electrons. The Bertz CT molecular complexity index is 605. The van der Waals surface area contributed by atoms with E-state index >= 15 is 0 Å². The fourth-order valence-corrected chi connectivity index (χ4v) is 3.36. The van der Waals surface area contributed by atoms with Crippen molar-refractivity contribution in [3.8, 4) is 0 Å². The van der Waals surface area contributed by atoms with Crippen molar-refractivity contribution in [1.29, 1.82) is 0 Å². The lowest BCUT2D eigenvalue weighted by atomic mass is 10.0. The van der Waals surface area contributed by atoms with Crippen LogP contribution in [0.15, 0.2) is 24.3 Å². The SMILES string of the molecule is CC(=O)N(C)c1ccccc1CC(=O)CCCO[Si](C)(C)C(C)(C)C. The number of carbonyl (C=O) groups is 2. The number of benzene rings is 1. The van der Waals surface area contributed by atoms with Crippen LogP contribution in [-0.2, 0) is 20.4 Å². The van der Waals surface area contributed by atoms with Crippen molar-refractivity contribution in [1.82, 2.24) is 0 Å².